The van der Waals surface area contributed by atoms with Gasteiger partial charge in [-0.3, -0.25) is 0 Å². The summed E-state index contributed by atoms with van der Waals surface area (Å²) in [5, 5.41) is 9.07. The molecule has 0 atom stereocenters. The molecule has 3 nitrogen and oxygen atoms in total. The van der Waals surface area contributed by atoms with Gasteiger partial charge in [-0.15, -0.1) is 0 Å². The van der Waals surface area contributed by atoms with Crippen molar-refractivity contribution < 1.29 is 9.47 Å². The van der Waals surface area contributed by atoms with Crippen LogP contribution in [0.3, 0.4) is 0 Å². The maximum Gasteiger partial charge on any atom is 0.0850 e. The summed E-state index contributed by atoms with van der Waals surface area (Å²) in [4.78, 5) is 0. The van der Waals surface area contributed by atoms with E-state index in [2.05, 4.69) is 6.07 Å². The first kappa shape index (κ1) is 10.5. The van der Waals surface area contributed by atoms with Gasteiger partial charge in [0.2, 0.25) is 0 Å². The van der Waals surface area contributed by atoms with Gasteiger partial charge in [0.05, 0.1) is 24.2 Å². The Bertz CT molecular complexity index is 190. The molecule has 0 amide bonds. The molecule has 3 heteroatoms. The second-order valence-corrected chi connectivity index (χ2v) is 3.86. The molecule has 13 heavy (non-hydrogen) atoms. The second kappa shape index (κ2) is 4.59. The van der Waals surface area contributed by atoms with Gasteiger partial charge in [0.25, 0.3) is 0 Å². The lowest BCUT2D eigenvalue weighted by Crippen LogP contribution is -2.33. The van der Waals surface area contributed by atoms with Gasteiger partial charge in [-0.25, -0.2) is 0 Å². The third kappa shape index (κ3) is 2.98. The molecule has 1 heterocycles. The van der Waals surface area contributed by atoms with Crippen LogP contribution in [0.4, 0.5) is 0 Å². The van der Waals surface area contributed by atoms with Crippen LogP contribution in [0, 0.1) is 16.7 Å². The Hall–Kier alpha value is -0.590. The molecule has 74 valence electrons. The van der Waals surface area contributed by atoms with Gasteiger partial charge in [-0.1, -0.05) is 0 Å². The number of ether oxygens (including phenoxy) is 2. The molecule has 0 radical (unpaired) electrons. The van der Waals surface area contributed by atoms with Crippen molar-refractivity contribution in [3.8, 4) is 6.07 Å². The number of nitriles is 1. The van der Waals surface area contributed by atoms with Gasteiger partial charge in [0.1, 0.15) is 0 Å². The van der Waals surface area contributed by atoms with Gasteiger partial charge in [-0.2, -0.15) is 5.26 Å². The van der Waals surface area contributed by atoms with Crippen LogP contribution in [0.5, 0.6) is 0 Å². The van der Waals surface area contributed by atoms with E-state index in [1.54, 1.807) is 0 Å². The van der Waals surface area contributed by atoms with Crippen LogP contribution in [-0.4, -0.2) is 25.9 Å². The van der Waals surface area contributed by atoms with E-state index >= 15 is 0 Å². The molecule has 1 aliphatic rings. The monoisotopic (exact) mass is 183 g/mol. The van der Waals surface area contributed by atoms with Gasteiger partial charge in [0, 0.05) is 13.2 Å². The summed E-state index contributed by atoms with van der Waals surface area (Å²) in [6.07, 6.45) is 1.81. The maximum absolute atomic E-state index is 9.07. The van der Waals surface area contributed by atoms with Gasteiger partial charge < -0.3 is 9.47 Å². The Kier molecular flexibility index (Phi) is 3.71. The molecule has 1 aliphatic heterocycles. The lowest BCUT2D eigenvalue weighted by atomic mass is 9.83. The molecule has 1 rings (SSSR count). The smallest absolute Gasteiger partial charge is 0.0850 e. The first-order chi connectivity index (χ1) is 6.18. The lowest BCUT2D eigenvalue weighted by molar-refractivity contribution is -0.0288. The van der Waals surface area contributed by atoms with Crippen molar-refractivity contribution in [1.29, 1.82) is 5.26 Å². The van der Waals surface area contributed by atoms with Crippen LogP contribution in [0.25, 0.3) is 0 Å². The molecule has 0 unspecified atom stereocenters. The van der Waals surface area contributed by atoms with E-state index in [0.29, 0.717) is 19.8 Å². The fraction of sp³-hybridized carbons (Fsp3) is 0.900. The Labute approximate surface area is 79.6 Å². The zero-order chi connectivity index (χ0) is 9.73. The first-order valence-electron chi connectivity index (χ1n) is 4.79. The predicted molar refractivity (Wildman–Crippen MR) is 49.2 cm³/mol. The van der Waals surface area contributed by atoms with Gasteiger partial charge in [0.15, 0.2) is 0 Å². The average molecular weight is 183 g/mol. The summed E-state index contributed by atoms with van der Waals surface area (Å²) >= 11 is 0. The fourth-order valence-corrected chi connectivity index (χ4v) is 1.38. The van der Waals surface area contributed by atoms with E-state index in [4.69, 9.17) is 14.7 Å². The molecule has 0 aromatic heterocycles. The van der Waals surface area contributed by atoms with E-state index in [1.165, 1.54) is 0 Å². The highest BCUT2D eigenvalue weighted by Gasteiger charge is 2.33. The van der Waals surface area contributed by atoms with Crippen molar-refractivity contribution in [2.24, 2.45) is 5.41 Å². The number of hydrogen-bond acceptors (Lipinski definition) is 3. The van der Waals surface area contributed by atoms with Crippen molar-refractivity contribution in [1.82, 2.24) is 0 Å². The van der Waals surface area contributed by atoms with Crippen molar-refractivity contribution in [2.75, 3.05) is 19.8 Å². The Balaban J connectivity index is 2.44. The molecular weight excluding hydrogens is 166 g/mol. The Morgan fingerprint density at radius 2 is 2.08 bits per heavy atom. The minimum absolute atomic E-state index is 0.202. The third-order valence-corrected chi connectivity index (χ3v) is 2.38. The first-order valence-corrected chi connectivity index (χ1v) is 4.79. The third-order valence-electron chi connectivity index (χ3n) is 2.38. The van der Waals surface area contributed by atoms with E-state index in [0.717, 1.165) is 12.8 Å². The molecule has 1 saturated heterocycles. The van der Waals surface area contributed by atoms with E-state index in [-0.39, 0.29) is 11.5 Å². The van der Waals surface area contributed by atoms with Gasteiger partial charge >= 0.3 is 0 Å². The Morgan fingerprint density at radius 1 is 1.46 bits per heavy atom. The summed E-state index contributed by atoms with van der Waals surface area (Å²) < 4.78 is 10.7. The second-order valence-electron chi connectivity index (χ2n) is 3.86. The maximum atomic E-state index is 9.07. The van der Waals surface area contributed by atoms with Crippen LogP contribution in [0.15, 0.2) is 0 Å². The van der Waals surface area contributed by atoms with Crippen molar-refractivity contribution >= 4 is 0 Å². The number of hydrogen-bond donors (Lipinski definition) is 0. The van der Waals surface area contributed by atoms with Crippen LogP contribution in [0.1, 0.15) is 26.7 Å². The van der Waals surface area contributed by atoms with Crippen LogP contribution in [0.2, 0.25) is 0 Å². The minimum atomic E-state index is -0.289. The molecule has 0 spiro atoms. The molecular formula is C10H17NO2. The predicted octanol–water partition coefficient (Wildman–Crippen LogP) is 1.73. The molecule has 0 aliphatic carbocycles. The molecule has 0 aromatic rings. The zero-order valence-corrected chi connectivity index (χ0v) is 8.38. The van der Waals surface area contributed by atoms with E-state index in [1.807, 2.05) is 13.8 Å². The summed E-state index contributed by atoms with van der Waals surface area (Å²) in [7, 11) is 0. The zero-order valence-electron chi connectivity index (χ0n) is 8.38. The Morgan fingerprint density at radius 3 is 2.54 bits per heavy atom. The summed E-state index contributed by atoms with van der Waals surface area (Å²) in [6, 6.07) is 2.37. The molecule has 0 saturated carbocycles. The van der Waals surface area contributed by atoms with Crippen LogP contribution in [-0.2, 0) is 9.47 Å². The fourth-order valence-electron chi connectivity index (χ4n) is 1.38. The van der Waals surface area contributed by atoms with Crippen molar-refractivity contribution in [2.45, 2.75) is 32.8 Å². The number of nitrogens with zero attached hydrogens (tertiary/aromatic N) is 1. The van der Waals surface area contributed by atoms with E-state index in [9.17, 15) is 0 Å². The summed E-state index contributed by atoms with van der Waals surface area (Å²) in [6.45, 7) is 5.91. The van der Waals surface area contributed by atoms with Crippen LogP contribution >= 0.6 is 0 Å². The van der Waals surface area contributed by atoms with Gasteiger partial charge in [-0.05, 0) is 26.7 Å². The molecule has 0 aromatic carbocycles. The quantitative estimate of drug-likeness (QED) is 0.669. The minimum Gasteiger partial charge on any atom is -0.381 e. The molecule has 0 N–H and O–H groups in total. The van der Waals surface area contributed by atoms with Crippen molar-refractivity contribution in [3.63, 3.8) is 0 Å². The standard InChI is InChI=1S/C10H17NO2/c1-9(2)13-8-10(7-11)3-5-12-6-4-10/h9H,3-6,8H2,1-2H3. The summed E-state index contributed by atoms with van der Waals surface area (Å²) in [5.41, 5.74) is -0.289. The topological polar surface area (TPSA) is 42.2 Å². The highest BCUT2D eigenvalue weighted by atomic mass is 16.5. The summed E-state index contributed by atoms with van der Waals surface area (Å²) in [5.74, 6) is 0. The highest BCUT2D eigenvalue weighted by Crippen LogP contribution is 2.30. The molecule has 1 fully saturated rings. The number of rotatable bonds is 3. The SMILES string of the molecule is CC(C)OCC1(C#N)CCOCC1. The lowest BCUT2D eigenvalue weighted by Gasteiger charge is -2.30. The normalized spacial score (nSPS) is 21.4. The van der Waals surface area contributed by atoms with Crippen LogP contribution < -0.4 is 0 Å². The average Bonchev–Trinajstić information content (AvgIpc) is 2.16. The largest absolute Gasteiger partial charge is 0.381 e. The highest BCUT2D eigenvalue weighted by molar-refractivity contribution is 5.00. The van der Waals surface area contributed by atoms with E-state index < -0.39 is 0 Å². The van der Waals surface area contributed by atoms with Crippen molar-refractivity contribution in [3.05, 3.63) is 0 Å². The molecule has 0 bridgehead atoms.